The second-order valence-electron chi connectivity index (χ2n) is 3.09. The molecule has 3 nitrogen and oxygen atoms in total. The molecule has 0 bridgehead atoms. The lowest BCUT2D eigenvalue weighted by atomic mass is 10.0. The van der Waals surface area contributed by atoms with Crippen LogP contribution in [0.15, 0.2) is 10.2 Å². The molecule has 0 spiro atoms. The smallest absolute Gasteiger partial charge is 0.349 e. The molecule has 1 aliphatic rings. The minimum absolute atomic E-state index is 0.0613. The first kappa shape index (κ1) is 8.59. The standard InChI is InChI=1S/C7H9BrO3/c1-7(2)3-4(9)5(8)6(10)11-7/h9H,3H2,1-2H3. The molecule has 4 heteroatoms. The van der Waals surface area contributed by atoms with Crippen LogP contribution in [-0.4, -0.2) is 16.7 Å². The highest BCUT2D eigenvalue weighted by Crippen LogP contribution is 2.30. The first-order valence-corrected chi connectivity index (χ1v) is 4.03. The van der Waals surface area contributed by atoms with Gasteiger partial charge in [0, 0.05) is 6.42 Å². The number of hydrogen-bond acceptors (Lipinski definition) is 3. The van der Waals surface area contributed by atoms with E-state index in [1.54, 1.807) is 13.8 Å². The summed E-state index contributed by atoms with van der Waals surface area (Å²) in [6, 6.07) is 0. The fraction of sp³-hybridized carbons (Fsp3) is 0.571. The Morgan fingerprint density at radius 2 is 2.18 bits per heavy atom. The average Bonchev–Trinajstić information content (AvgIpc) is 1.81. The Labute approximate surface area is 73.2 Å². The molecule has 0 aliphatic carbocycles. The number of esters is 1. The summed E-state index contributed by atoms with van der Waals surface area (Å²) in [6.45, 7) is 3.50. The molecule has 62 valence electrons. The molecule has 1 heterocycles. The molecular formula is C7H9BrO3. The van der Waals surface area contributed by atoms with Crippen LogP contribution in [0.2, 0.25) is 0 Å². The van der Waals surface area contributed by atoms with Crippen LogP contribution in [0.25, 0.3) is 0 Å². The van der Waals surface area contributed by atoms with Gasteiger partial charge in [-0.1, -0.05) is 0 Å². The summed E-state index contributed by atoms with van der Waals surface area (Å²) in [4.78, 5) is 10.9. The van der Waals surface area contributed by atoms with Gasteiger partial charge in [0.25, 0.3) is 0 Å². The number of rotatable bonds is 0. The third-order valence-corrected chi connectivity index (χ3v) is 2.18. The van der Waals surface area contributed by atoms with Gasteiger partial charge < -0.3 is 9.84 Å². The lowest BCUT2D eigenvalue weighted by molar-refractivity contribution is -0.153. The Morgan fingerprint density at radius 1 is 1.64 bits per heavy atom. The quantitative estimate of drug-likeness (QED) is 0.635. The molecule has 11 heavy (non-hydrogen) atoms. The average molecular weight is 221 g/mol. The van der Waals surface area contributed by atoms with Gasteiger partial charge in [-0.2, -0.15) is 0 Å². The van der Waals surface area contributed by atoms with E-state index >= 15 is 0 Å². The van der Waals surface area contributed by atoms with Gasteiger partial charge in [-0.25, -0.2) is 4.79 Å². The van der Waals surface area contributed by atoms with Crippen molar-refractivity contribution in [1.29, 1.82) is 0 Å². The Morgan fingerprint density at radius 3 is 2.64 bits per heavy atom. The van der Waals surface area contributed by atoms with E-state index in [2.05, 4.69) is 15.9 Å². The van der Waals surface area contributed by atoms with E-state index in [-0.39, 0.29) is 10.2 Å². The molecule has 0 radical (unpaired) electrons. The highest BCUT2D eigenvalue weighted by atomic mass is 79.9. The Kier molecular flexibility index (Phi) is 1.96. The summed E-state index contributed by atoms with van der Waals surface area (Å²) >= 11 is 2.93. The maximum Gasteiger partial charge on any atom is 0.349 e. The molecule has 0 aromatic rings. The second kappa shape index (κ2) is 2.52. The van der Waals surface area contributed by atoms with Gasteiger partial charge in [0.05, 0.1) is 0 Å². The second-order valence-corrected chi connectivity index (χ2v) is 3.88. The number of hydrogen-bond donors (Lipinski definition) is 1. The molecular weight excluding hydrogens is 212 g/mol. The summed E-state index contributed by atoms with van der Waals surface area (Å²) in [5, 5.41) is 9.22. The van der Waals surface area contributed by atoms with Crippen LogP contribution in [0.5, 0.6) is 0 Å². The van der Waals surface area contributed by atoms with E-state index < -0.39 is 11.6 Å². The van der Waals surface area contributed by atoms with Crippen LogP contribution < -0.4 is 0 Å². The summed E-state index contributed by atoms with van der Waals surface area (Å²) in [6.07, 6.45) is 0.360. The van der Waals surface area contributed by atoms with Crippen LogP contribution in [-0.2, 0) is 9.53 Å². The van der Waals surface area contributed by atoms with Gasteiger partial charge in [0.2, 0.25) is 0 Å². The lowest BCUT2D eigenvalue weighted by Crippen LogP contribution is -2.33. The molecule has 0 atom stereocenters. The van der Waals surface area contributed by atoms with Crippen molar-refractivity contribution in [3.05, 3.63) is 10.2 Å². The topological polar surface area (TPSA) is 46.5 Å². The van der Waals surface area contributed by atoms with Crippen molar-refractivity contribution in [2.45, 2.75) is 25.9 Å². The number of cyclic esters (lactones) is 1. The molecule has 0 saturated heterocycles. The van der Waals surface area contributed by atoms with Crippen LogP contribution >= 0.6 is 15.9 Å². The Balaban J connectivity index is 2.94. The van der Waals surface area contributed by atoms with E-state index in [0.29, 0.717) is 6.42 Å². The summed E-state index contributed by atoms with van der Waals surface area (Å²) in [7, 11) is 0. The first-order valence-electron chi connectivity index (χ1n) is 3.23. The third kappa shape index (κ3) is 1.74. The minimum atomic E-state index is -0.585. The van der Waals surface area contributed by atoms with Gasteiger partial charge in [0.15, 0.2) is 0 Å². The van der Waals surface area contributed by atoms with Gasteiger partial charge >= 0.3 is 5.97 Å². The summed E-state index contributed by atoms with van der Waals surface area (Å²) < 4.78 is 5.09. The normalized spacial score (nSPS) is 23.4. The largest absolute Gasteiger partial charge is 0.511 e. The predicted molar refractivity (Wildman–Crippen MR) is 43.4 cm³/mol. The monoisotopic (exact) mass is 220 g/mol. The van der Waals surface area contributed by atoms with Gasteiger partial charge in [-0.05, 0) is 29.8 Å². The van der Waals surface area contributed by atoms with E-state index in [4.69, 9.17) is 4.74 Å². The number of aliphatic hydroxyl groups is 1. The number of carbonyl (C=O) groups excluding carboxylic acids is 1. The first-order chi connectivity index (χ1) is 4.92. The van der Waals surface area contributed by atoms with E-state index in [9.17, 15) is 9.90 Å². The van der Waals surface area contributed by atoms with Crippen LogP contribution in [0.3, 0.4) is 0 Å². The van der Waals surface area contributed by atoms with Crippen molar-refractivity contribution < 1.29 is 14.6 Å². The zero-order chi connectivity index (χ0) is 8.65. The van der Waals surface area contributed by atoms with Crippen molar-refractivity contribution >= 4 is 21.9 Å². The zero-order valence-corrected chi connectivity index (χ0v) is 7.93. The summed E-state index contributed by atoms with van der Waals surface area (Å²) in [5.41, 5.74) is -0.585. The maximum absolute atomic E-state index is 10.9. The fourth-order valence-corrected chi connectivity index (χ4v) is 1.15. The summed E-state index contributed by atoms with van der Waals surface area (Å²) in [5.74, 6) is -0.440. The molecule has 0 aromatic carbocycles. The van der Waals surface area contributed by atoms with Crippen LogP contribution in [0, 0.1) is 0 Å². The number of aliphatic hydroxyl groups excluding tert-OH is 1. The molecule has 1 rings (SSSR count). The molecule has 0 aromatic heterocycles. The van der Waals surface area contributed by atoms with Crippen molar-refractivity contribution in [2.75, 3.05) is 0 Å². The number of carbonyl (C=O) groups is 1. The Hall–Kier alpha value is -0.510. The van der Waals surface area contributed by atoms with Crippen molar-refractivity contribution in [3.8, 4) is 0 Å². The Bertz CT molecular complexity index is 230. The lowest BCUT2D eigenvalue weighted by Gasteiger charge is -2.28. The predicted octanol–water partition coefficient (Wildman–Crippen LogP) is 1.88. The number of ether oxygens (including phenoxy) is 1. The molecule has 1 N–H and O–H groups in total. The molecule has 1 aliphatic heterocycles. The van der Waals surface area contributed by atoms with Crippen LogP contribution in [0.1, 0.15) is 20.3 Å². The highest BCUT2D eigenvalue weighted by molar-refractivity contribution is 9.12. The van der Waals surface area contributed by atoms with E-state index in [1.165, 1.54) is 0 Å². The van der Waals surface area contributed by atoms with E-state index in [1.807, 2.05) is 0 Å². The molecule has 0 fully saturated rings. The van der Waals surface area contributed by atoms with Crippen molar-refractivity contribution in [1.82, 2.24) is 0 Å². The zero-order valence-electron chi connectivity index (χ0n) is 6.35. The van der Waals surface area contributed by atoms with Gasteiger partial charge in [-0.3, -0.25) is 0 Å². The SMILES string of the molecule is CC1(C)CC(O)=C(Br)C(=O)O1. The van der Waals surface area contributed by atoms with Crippen LogP contribution in [0.4, 0.5) is 0 Å². The van der Waals surface area contributed by atoms with Crippen molar-refractivity contribution in [3.63, 3.8) is 0 Å². The molecule has 0 amide bonds. The fourth-order valence-electron chi connectivity index (χ4n) is 0.930. The van der Waals surface area contributed by atoms with Gasteiger partial charge in [-0.15, -0.1) is 0 Å². The minimum Gasteiger partial charge on any atom is -0.511 e. The maximum atomic E-state index is 10.9. The van der Waals surface area contributed by atoms with E-state index in [0.717, 1.165) is 0 Å². The molecule has 0 unspecified atom stereocenters. The highest BCUT2D eigenvalue weighted by Gasteiger charge is 2.33. The number of halogens is 1. The van der Waals surface area contributed by atoms with Gasteiger partial charge in [0.1, 0.15) is 15.8 Å². The van der Waals surface area contributed by atoms with Crippen molar-refractivity contribution in [2.24, 2.45) is 0 Å². The molecule has 0 saturated carbocycles. The third-order valence-electron chi connectivity index (χ3n) is 1.39.